The second-order valence-corrected chi connectivity index (χ2v) is 7.78. The lowest BCUT2D eigenvalue weighted by Crippen LogP contribution is -2.38. The van der Waals surface area contributed by atoms with E-state index in [4.69, 9.17) is 16.3 Å². The molecule has 2 aromatic rings. The van der Waals surface area contributed by atoms with E-state index in [2.05, 4.69) is 31.9 Å². The smallest absolute Gasteiger partial charge is 0.154 e. The zero-order valence-corrected chi connectivity index (χ0v) is 17.3. The van der Waals surface area contributed by atoms with Crippen molar-refractivity contribution in [2.45, 2.75) is 44.5 Å². The molecule has 0 aliphatic heterocycles. The van der Waals surface area contributed by atoms with Gasteiger partial charge >= 0.3 is 0 Å². The monoisotopic (exact) mass is 404 g/mol. The molecular weight excluding hydrogens is 376 g/mol. The summed E-state index contributed by atoms with van der Waals surface area (Å²) in [4.78, 5) is 13.4. The van der Waals surface area contributed by atoms with E-state index in [1.165, 1.54) is 19.3 Å². The fourth-order valence-corrected chi connectivity index (χ4v) is 3.60. The first-order valence-electron chi connectivity index (χ1n) is 9.74. The standard InChI is InChI=1S/C21H29ClN4O2/c1-25(17-9-6-10-17)20-11-23-19(21(22)24-20)14-26(13-18(27)15-28-2)12-16-7-4-3-5-8-16/h3-5,7-8,11,17-18,27H,6,9-10,12-15H2,1-2H3/t18-/m1/s1. The molecule has 28 heavy (non-hydrogen) atoms. The van der Waals surface area contributed by atoms with E-state index in [0.29, 0.717) is 36.5 Å². The maximum absolute atomic E-state index is 10.2. The van der Waals surface area contributed by atoms with E-state index in [0.717, 1.165) is 11.4 Å². The summed E-state index contributed by atoms with van der Waals surface area (Å²) in [5, 5.41) is 10.6. The first-order valence-corrected chi connectivity index (χ1v) is 10.1. The molecule has 3 rings (SSSR count). The first-order chi connectivity index (χ1) is 13.6. The Morgan fingerprint density at radius 3 is 2.61 bits per heavy atom. The third-order valence-corrected chi connectivity index (χ3v) is 5.52. The molecule has 1 fully saturated rings. The Bertz CT molecular complexity index is 742. The summed E-state index contributed by atoms with van der Waals surface area (Å²) in [6.45, 7) is 1.94. The van der Waals surface area contributed by atoms with Gasteiger partial charge in [-0.3, -0.25) is 9.88 Å². The van der Waals surface area contributed by atoms with Crippen LogP contribution in [-0.4, -0.2) is 59.4 Å². The van der Waals surface area contributed by atoms with Crippen molar-refractivity contribution in [3.05, 3.63) is 52.9 Å². The third-order valence-electron chi connectivity index (χ3n) is 5.22. The molecule has 6 nitrogen and oxygen atoms in total. The average Bonchev–Trinajstić information content (AvgIpc) is 2.63. The van der Waals surface area contributed by atoms with Crippen LogP contribution in [0.5, 0.6) is 0 Å². The van der Waals surface area contributed by atoms with Crippen molar-refractivity contribution in [2.24, 2.45) is 0 Å². The minimum absolute atomic E-state index is 0.288. The number of aromatic nitrogens is 2. The lowest BCUT2D eigenvalue weighted by molar-refractivity contribution is 0.0335. The molecule has 0 bridgehead atoms. The molecule has 1 aromatic carbocycles. The number of halogens is 1. The number of anilines is 1. The van der Waals surface area contributed by atoms with Gasteiger partial charge in [0.1, 0.15) is 5.82 Å². The Hall–Kier alpha value is -1.73. The number of aliphatic hydroxyl groups is 1. The van der Waals surface area contributed by atoms with Gasteiger partial charge in [0.2, 0.25) is 0 Å². The second kappa shape index (κ2) is 10.2. The third kappa shape index (κ3) is 5.64. The molecule has 1 aliphatic rings. The molecule has 0 radical (unpaired) electrons. The van der Waals surface area contributed by atoms with E-state index in [9.17, 15) is 5.11 Å². The molecule has 0 spiro atoms. The van der Waals surface area contributed by atoms with Gasteiger partial charge in [0.25, 0.3) is 0 Å². The van der Waals surface area contributed by atoms with Gasteiger partial charge in [0.05, 0.1) is 24.6 Å². The zero-order valence-electron chi connectivity index (χ0n) is 16.6. The number of benzene rings is 1. The Morgan fingerprint density at radius 2 is 2.00 bits per heavy atom. The van der Waals surface area contributed by atoms with Crippen LogP contribution in [0.1, 0.15) is 30.5 Å². The van der Waals surface area contributed by atoms with Crippen LogP contribution in [0.15, 0.2) is 36.5 Å². The Morgan fingerprint density at radius 1 is 1.25 bits per heavy atom. The number of methoxy groups -OCH3 is 1. The van der Waals surface area contributed by atoms with Crippen molar-refractivity contribution in [1.82, 2.24) is 14.9 Å². The van der Waals surface area contributed by atoms with Gasteiger partial charge in [-0.15, -0.1) is 0 Å². The summed E-state index contributed by atoms with van der Waals surface area (Å²) in [6, 6.07) is 10.7. The van der Waals surface area contributed by atoms with Crippen LogP contribution in [-0.2, 0) is 17.8 Å². The average molecular weight is 405 g/mol. The summed E-state index contributed by atoms with van der Waals surface area (Å²) < 4.78 is 5.07. The molecule has 1 aromatic heterocycles. The highest BCUT2D eigenvalue weighted by Gasteiger charge is 2.24. The van der Waals surface area contributed by atoms with Gasteiger partial charge in [0, 0.05) is 39.8 Å². The summed E-state index contributed by atoms with van der Waals surface area (Å²) in [6.07, 6.45) is 4.88. The van der Waals surface area contributed by atoms with E-state index in [-0.39, 0.29) is 6.61 Å². The number of aliphatic hydroxyl groups excluding tert-OH is 1. The van der Waals surface area contributed by atoms with Crippen LogP contribution in [0.2, 0.25) is 5.15 Å². The lowest BCUT2D eigenvalue weighted by Gasteiger charge is -2.35. The normalized spacial score (nSPS) is 15.5. The fourth-order valence-electron chi connectivity index (χ4n) is 3.40. The summed E-state index contributed by atoms with van der Waals surface area (Å²) >= 11 is 6.47. The van der Waals surface area contributed by atoms with Crippen molar-refractivity contribution < 1.29 is 9.84 Å². The van der Waals surface area contributed by atoms with Gasteiger partial charge < -0.3 is 14.7 Å². The van der Waals surface area contributed by atoms with E-state index >= 15 is 0 Å². The molecule has 1 atom stereocenters. The van der Waals surface area contributed by atoms with Gasteiger partial charge in [-0.05, 0) is 24.8 Å². The van der Waals surface area contributed by atoms with Crippen molar-refractivity contribution in [3.8, 4) is 0 Å². The quantitative estimate of drug-likeness (QED) is 0.656. The largest absolute Gasteiger partial charge is 0.389 e. The predicted molar refractivity (Wildman–Crippen MR) is 112 cm³/mol. The van der Waals surface area contributed by atoms with Crippen molar-refractivity contribution in [3.63, 3.8) is 0 Å². The van der Waals surface area contributed by atoms with Crippen molar-refractivity contribution in [2.75, 3.05) is 32.2 Å². The Kier molecular flexibility index (Phi) is 7.62. The van der Waals surface area contributed by atoms with Crippen molar-refractivity contribution >= 4 is 17.4 Å². The maximum atomic E-state index is 10.2. The lowest BCUT2D eigenvalue weighted by atomic mass is 9.92. The number of hydrogen-bond donors (Lipinski definition) is 1. The van der Waals surface area contributed by atoms with Gasteiger partial charge in [0.15, 0.2) is 5.15 Å². The Labute approximate surface area is 172 Å². The van der Waals surface area contributed by atoms with Crippen LogP contribution in [0.3, 0.4) is 0 Å². The second-order valence-electron chi connectivity index (χ2n) is 7.43. The highest BCUT2D eigenvalue weighted by atomic mass is 35.5. The maximum Gasteiger partial charge on any atom is 0.154 e. The van der Waals surface area contributed by atoms with E-state index in [1.807, 2.05) is 25.2 Å². The zero-order chi connectivity index (χ0) is 19.9. The first kappa shape index (κ1) is 21.0. The van der Waals surface area contributed by atoms with Crippen LogP contribution < -0.4 is 4.90 Å². The van der Waals surface area contributed by atoms with Crippen LogP contribution in [0.4, 0.5) is 5.82 Å². The van der Waals surface area contributed by atoms with Crippen molar-refractivity contribution in [1.29, 1.82) is 0 Å². The fraction of sp³-hybridized carbons (Fsp3) is 0.524. The SMILES string of the molecule is COC[C@H](O)CN(Cc1ccccc1)Cc1ncc(N(C)C2CCC2)nc1Cl. The molecule has 0 amide bonds. The van der Waals surface area contributed by atoms with Gasteiger partial charge in [-0.1, -0.05) is 41.9 Å². The minimum atomic E-state index is -0.579. The van der Waals surface area contributed by atoms with Gasteiger partial charge in [-0.2, -0.15) is 0 Å². The molecule has 1 N–H and O–H groups in total. The van der Waals surface area contributed by atoms with Crippen LogP contribution in [0, 0.1) is 0 Å². The highest BCUT2D eigenvalue weighted by molar-refractivity contribution is 6.30. The van der Waals surface area contributed by atoms with Crippen LogP contribution in [0.25, 0.3) is 0 Å². The van der Waals surface area contributed by atoms with Crippen LogP contribution >= 0.6 is 11.6 Å². The molecular formula is C21H29ClN4O2. The number of nitrogens with zero attached hydrogens (tertiary/aromatic N) is 4. The number of hydrogen-bond acceptors (Lipinski definition) is 6. The molecule has 7 heteroatoms. The minimum Gasteiger partial charge on any atom is -0.389 e. The molecule has 1 aliphatic carbocycles. The molecule has 0 saturated heterocycles. The Balaban J connectivity index is 1.71. The van der Waals surface area contributed by atoms with Gasteiger partial charge in [-0.25, -0.2) is 4.98 Å². The predicted octanol–water partition coefficient (Wildman–Crippen LogP) is 3.13. The summed E-state index contributed by atoms with van der Waals surface area (Å²) in [5.74, 6) is 0.812. The molecule has 1 heterocycles. The van der Waals surface area contributed by atoms with E-state index < -0.39 is 6.10 Å². The summed E-state index contributed by atoms with van der Waals surface area (Å²) in [5.41, 5.74) is 1.88. The van der Waals surface area contributed by atoms with E-state index in [1.54, 1.807) is 13.3 Å². The summed E-state index contributed by atoms with van der Waals surface area (Å²) in [7, 11) is 3.64. The molecule has 0 unspecified atom stereocenters. The molecule has 152 valence electrons. The number of rotatable bonds is 10. The number of ether oxygens (including phenoxy) is 1. The molecule has 1 saturated carbocycles. The topological polar surface area (TPSA) is 61.7 Å². The highest BCUT2D eigenvalue weighted by Crippen LogP contribution is 2.28.